The maximum Gasteiger partial charge on any atom is 0.387 e. The fourth-order valence-corrected chi connectivity index (χ4v) is 3.65. The van der Waals surface area contributed by atoms with Crippen molar-refractivity contribution in [2.75, 3.05) is 31.5 Å². The Morgan fingerprint density at radius 2 is 1.97 bits per heavy atom. The SMILES string of the molecule is CCn1cc(CN2CCN(C(=S)Nc3cc(C)ccc3OC(F)F)CC2)c(C)n1. The number of aryl methyl sites for hydroxylation is 3. The van der Waals surface area contributed by atoms with Gasteiger partial charge in [-0.25, -0.2) is 0 Å². The van der Waals surface area contributed by atoms with E-state index in [1.54, 1.807) is 12.1 Å². The average Bonchev–Trinajstić information content (AvgIpc) is 3.04. The van der Waals surface area contributed by atoms with Crippen molar-refractivity contribution in [3.63, 3.8) is 0 Å². The number of hydrogen-bond acceptors (Lipinski definition) is 4. The maximum atomic E-state index is 12.7. The number of thiocarbonyl (C=S) groups is 1. The van der Waals surface area contributed by atoms with Gasteiger partial charge in [0.2, 0.25) is 0 Å². The molecule has 1 aromatic carbocycles. The van der Waals surface area contributed by atoms with Gasteiger partial charge in [0.25, 0.3) is 0 Å². The Labute approximate surface area is 175 Å². The van der Waals surface area contributed by atoms with Gasteiger partial charge in [0, 0.05) is 51.0 Å². The topological polar surface area (TPSA) is 45.6 Å². The van der Waals surface area contributed by atoms with Gasteiger partial charge in [0.05, 0.1) is 11.4 Å². The lowest BCUT2D eigenvalue weighted by molar-refractivity contribution is -0.0493. The van der Waals surface area contributed by atoms with Crippen molar-refractivity contribution in [1.29, 1.82) is 0 Å². The number of alkyl halides is 2. The summed E-state index contributed by atoms with van der Waals surface area (Å²) in [5.74, 6) is 0.0926. The number of nitrogens with one attached hydrogen (secondary N) is 1. The molecule has 1 aromatic heterocycles. The van der Waals surface area contributed by atoms with E-state index in [1.165, 1.54) is 11.6 Å². The zero-order valence-electron chi connectivity index (χ0n) is 17.0. The highest BCUT2D eigenvalue weighted by Crippen LogP contribution is 2.27. The van der Waals surface area contributed by atoms with Crippen LogP contribution in [0, 0.1) is 13.8 Å². The van der Waals surface area contributed by atoms with E-state index in [1.807, 2.05) is 18.5 Å². The molecule has 158 valence electrons. The van der Waals surface area contributed by atoms with Gasteiger partial charge >= 0.3 is 6.61 Å². The number of rotatable bonds is 6. The second kappa shape index (κ2) is 9.49. The van der Waals surface area contributed by atoms with Crippen molar-refractivity contribution in [2.24, 2.45) is 0 Å². The molecule has 2 aromatic rings. The standard InChI is InChI=1S/C20H27F2N5OS/c1-4-27-13-16(15(3)24-27)12-25-7-9-26(10-8-25)20(29)23-17-11-14(2)5-6-18(17)28-19(21)22/h5-6,11,13,19H,4,7-10,12H2,1-3H3,(H,23,29). The molecule has 1 saturated heterocycles. The van der Waals surface area contributed by atoms with Crippen LogP contribution in [-0.2, 0) is 13.1 Å². The highest BCUT2D eigenvalue weighted by Gasteiger charge is 2.21. The maximum absolute atomic E-state index is 12.7. The van der Waals surface area contributed by atoms with Crippen molar-refractivity contribution in [3.8, 4) is 5.75 Å². The molecule has 1 fully saturated rings. The van der Waals surface area contributed by atoms with E-state index < -0.39 is 6.61 Å². The van der Waals surface area contributed by atoms with E-state index in [-0.39, 0.29) is 5.75 Å². The van der Waals surface area contributed by atoms with E-state index in [0.717, 1.165) is 50.5 Å². The molecule has 0 unspecified atom stereocenters. The Hall–Kier alpha value is -2.26. The van der Waals surface area contributed by atoms with Crippen LogP contribution in [0.1, 0.15) is 23.7 Å². The largest absolute Gasteiger partial charge is 0.433 e. The summed E-state index contributed by atoms with van der Waals surface area (Å²) < 4.78 is 31.9. The van der Waals surface area contributed by atoms with Crippen LogP contribution in [0.3, 0.4) is 0 Å². The predicted octanol–water partition coefficient (Wildman–Crippen LogP) is 3.64. The number of anilines is 1. The minimum absolute atomic E-state index is 0.0926. The quantitative estimate of drug-likeness (QED) is 0.716. The third-order valence-corrected chi connectivity index (χ3v) is 5.38. The van der Waals surface area contributed by atoms with Crippen LogP contribution in [0.4, 0.5) is 14.5 Å². The second-order valence-electron chi connectivity index (χ2n) is 7.17. The molecule has 1 aliphatic heterocycles. The Morgan fingerprint density at radius 3 is 2.59 bits per heavy atom. The lowest BCUT2D eigenvalue weighted by Crippen LogP contribution is -2.49. The van der Waals surface area contributed by atoms with Crippen LogP contribution >= 0.6 is 12.2 Å². The molecule has 3 rings (SSSR count). The van der Waals surface area contributed by atoms with E-state index in [4.69, 9.17) is 12.2 Å². The van der Waals surface area contributed by atoms with Gasteiger partial charge in [-0.3, -0.25) is 9.58 Å². The summed E-state index contributed by atoms with van der Waals surface area (Å²) in [5, 5.41) is 8.10. The molecular formula is C20H27F2N5OS. The summed E-state index contributed by atoms with van der Waals surface area (Å²) in [6.07, 6.45) is 2.11. The first-order chi connectivity index (χ1) is 13.9. The molecule has 1 N–H and O–H groups in total. The first-order valence-corrected chi connectivity index (χ1v) is 10.1. The molecule has 0 radical (unpaired) electrons. The number of ether oxygens (including phenoxy) is 1. The van der Waals surface area contributed by atoms with Crippen molar-refractivity contribution >= 4 is 23.0 Å². The summed E-state index contributed by atoms with van der Waals surface area (Å²) in [6, 6.07) is 5.02. The summed E-state index contributed by atoms with van der Waals surface area (Å²) in [6.45, 7) is 8.13. The number of halogens is 2. The Kier molecular flexibility index (Phi) is 7.02. The van der Waals surface area contributed by atoms with Crippen LogP contribution in [0.25, 0.3) is 0 Å². The molecular weight excluding hydrogens is 396 g/mol. The van der Waals surface area contributed by atoms with Crippen molar-refractivity contribution in [2.45, 2.75) is 40.5 Å². The average molecular weight is 424 g/mol. The van der Waals surface area contributed by atoms with Crippen LogP contribution in [-0.4, -0.2) is 57.5 Å². The molecule has 0 atom stereocenters. The van der Waals surface area contributed by atoms with Crippen LogP contribution in [0.5, 0.6) is 5.75 Å². The summed E-state index contributed by atoms with van der Waals surface area (Å²) in [4.78, 5) is 4.43. The minimum atomic E-state index is -2.88. The molecule has 0 amide bonds. The van der Waals surface area contributed by atoms with Crippen molar-refractivity contribution in [3.05, 3.63) is 41.2 Å². The van der Waals surface area contributed by atoms with Gasteiger partial charge in [-0.2, -0.15) is 13.9 Å². The fraction of sp³-hybridized carbons (Fsp3) is 0.500. The molecule has 0 bridgehead atoms. The monoisotopic (exact) mass is 423 g/mol. The summed E-state index contributed by atoms with van der Waals surface area (Å²) in [5.41, 5.74) is 3.71. The highest BCUT2D eigenvalue weighted by atomic mass is 32.1. The van der Waals surface area contributed by atoms with Crippen LogP contribution in [0.15, 0.2) is 24.4 Å². The smallest absolute Gasteiger partial charge is 0.387 e. The van der Waals surface area contributed by atoms with E-state index >= 15 is 0 Å². The zero-order chi connectivity index (χ0) is 21.0. The number of benzene rings is 1. The molecule has 6 nitrogen and oxygen atoms in total. The van der Waals surface area contributed by atoms with Crippen molar-refractivity contribution < 1.29 is 13.5 Å². The third-order valence-electron chi connectivity index (χ3n) is 5.02. The summed E-state index contributed by atoms with van der Waals surface area (Å²) in [7, 11) is 0. The van der Waals surface area contributed by atoms with Crippen LogP contribution in [0.2, 0.25) is 0 Å². The van der Waals surface area contributed by atoms with E-state index in [9.17, 15) is 8.78 Å². The van der Waals surface area contributed by atoms with Gasteiger partial charge in [-0.05, 0) is 50.7 Å². The molecule has 29 heavy (non-hydrogen) atoms. The molecule has 9 heteroatoms. The first-order valence-electron chi connectivity index (χ1n) is 9.72. The number of aromatic nitrogens is 2. The van der Waals surface area contributed by atoms with Gasteiger partial charge in [-0.15, -0.1) is 0 Å². The van der Waals surface area contributed by atoms with Gasteiger partial charge < -0.3 is 15.0 Å². The molecule has 1 aliphatic rings. The lowest BCUT2D eigenvalue weighted by Gasteiger charge is -2.36. The number of hydrogen-bond donors (Lipinski definition) is 1. The Morgan fingerprint density at radius 1 is 1.24 bits per heavy atom. The van der Waals surface area contributed by atoms with Crippen molar-refractivity contribution in [1.82, 2.24) is 19.6 Å². The molecule has 0 aliphatic carbocycles. The lowest BCUT2D eigenvalue weighted by atomic mass is 10.2. The van der Waals surface area contributed by atoms with Gasteiger partial charge in [-0.1, -0.05) is 6.07 Å². The van der Waals surface area contributed by atoms with Gasteiger partial charge in [0.1, 0.15) is 5.75 Å². The number of nitrogens with zero attached hydrogens (tertiary/aromatic N) is 4. The highest BCUT2D eigenvalue weighted by molar-refractivity contribution is 7.80. The van der Waals surface area contributed by atoms with E-state index in [0.29, 0.717) is 10.8 Å². The third kappa shape index (κ3) is 5.63. The Bertz CT molecular complexity index is 849. The second-order valence-corrected chi connectivity index (χ2v) is 7.55. The normalized spacial score (nSPS) is 15.0. The van der Waals surface area contributed by atoms with Gasteiger partial charge in [0.15, 0.2) is 5.11 Å². The fourth-order valence-electron chi connectivity index (χ4n) is 3.36. The number of piperazine rings is 1. The molecule has 2 heterocycles. The Balaban J connectivity index is 1.56. The minimum Gasteiger partial charge on any atom is -0.433 e. The summed E-state index contributed by atoms with van der Waals surface area (Å²) >= 11 is 5.52. The molecule has 0 spiro atoms. The first kappa shape index (κ1) is 21.4. The molecule has 0 saturated carbocycles. The van der Waals surface area contributed by atoms with E-state index in [2.05, 4.69) is 38.1 Å². The predicted molar refractivity (Wildman–Crippen MR) is 114 cm³/mol. The zero-order valence-corrected chi connectivity index (χ0v) is 17.8. The van der Waals surface area contributed by atoms with Crippen LogP contribution < -0.4 is 10.1 Å².